The van der Waals surface area contributed by atoms with Crippen LogP contribution in [0.1, 0.15) is 37.1 Å². The standard InChI is InChI=1S/C22H18F4N6O.C16H15F3N4.C5H5FN2/c23-14-9-15(11-27-10-14)29-21(33)32-16-2-1-7-31(12-16)18-4-3-17(30-20(18)32)13-5-6-28-19(8-13)22(24,25)26;17-16(18,19)14-8-10(5-6-20-14)12-3-4-13-15(22-12)21-11-2-1-7-23(13)9-11;6-4-1-5(7)3-8-2-4/h3-6,8-11,16H,1-2,7,12H2,(H,29,33);3-6,8,11H,1-2,7,9H2,(H,21,22);1-3H,7H2/t16-;11-;/m00./s1. The van der Waals surface area contributed by atoms with Crippen LogP contribution < -0.4 is 31.1 Å². The van der Waals surface area contributed by atoms with E-state index in [2.05, 4.69) is 50.3 Å². The van der Waals surface area contributed by atoms with E-state index in [4.69, 9.17) is 5.73 Å². The zero-order valence-corrected chi connectivity index (χ0v) is 33.6. The van der Waals surface area contributed by atoms with E-state index in [9.17, 15) is 39.9 Å². The minimum absolute atomic E-state index is 0.182. The van der Waals surface area contributed by atoms with Gasteiger partial charge in [-0.15, -0.1) is 0 Å². The van der Waals surface area contributed by atoms with Gasteiger partial charge in [-0.2, -0.15) is 26.3 Å². The molecule has 0 aliphatic carbocycles. The highest BCUT2D eigenvalue weighted by molar-refractivity contribution is 6.04. The minimum Gasteiger partial charge on any atom is -0.397 e. The SMILES string of the molecule is FC(F)(F)c1cc(-c2ccc3c(n2)N[C@H]2CCCN3C2)ccn1.Nc1cncc(F)c1.O=C(Nc1cncc(F)c1)N1c2nc(-c3ccnc(C(F)(F)F)c3)ccc2N2CCC[C@H]1C2. The van der Waals surface area contributed by atoms with Gasteiger partial charge in [0.15, 0.2) is 11.6 Å². The van der Waals surface area contributed by atoms with E-state index < -0.39 is 41.4 Å². The van der Waals surface area contributed by atoms with Crippen molar-refractivity contribution in [1.29, 1.82) is 0 Å². The largest absolute Gasteiger partial charge is 0.433 e. The van der Waals surface area contributed by atoms with Gasteiger partial charge in [0.1, 0.15) is 23.0 Å². The van der Waals surface area contributed by atoms with Gasteiger partial charge in [0.05, 0.1) is 58.8 Å². The van der Waals surface area contributed by atoms with Crippen LogP contribution in [0.5, 0.6) is 0 Å². The number of alkyl halides is 6. The number of nitrogens with zero attached hydrogens (tertiary/aromatic N) is 9. The molecule has 10 rings (SSSR count). The fraction of sp³-hybridized carbons (Fsp3) is 0.279. The number of anilines is 6. The number of nitrogen functional groups attached to an aromatic ring is 1. The van der Waals surface area contributed by atoms with Crippen LogP contribution in [0.25, 0.3) is 22.5 Å². The summed E-state index contributed by atoms with van der Waals surface area (Å²) in [6, 6.07) is 14.1. The molecule has 4 N–H and O–H groups in total. The van der Waals surface area contributed by atoms with Gasteiger partial charge in [-0.05, 0) is 80.3 Å². The Hall–Kier alpha value is -7.19. The molecule has 10 heterocycles. The van der Waals surface area contributed by atoms with Gasteiger partial charge in [-0.3, -0.25) is 24.8 Å². The molecule has 4 aliphatic heterocycles. The van der Waals surface area contributed by atoms with E-state index in [0.29, 0.717) is 41.0 Å². The first kappa shape index (κ1) is 43.5. The van der Waals surface area contributed by atoms with Crippen LogP contribution in [0.15, 0.2) is 97.8 Å². The summed E-state index contributed by atoms with van der Waals surface area (Å²) in [6.07, 6.45) is 1.92. The van der Waals surface area contributed by atoms with Crippen molar-refractivity contribution in [3.8, 4) is 22.5 Å². The minimum atomic E-state index is -4.59. The van der Waals surface area contributed by atoms with Crippen LogP contribution in [0.4, 0.5) is 74.3 Å². The Labute approximate surface area is 360 Å². The predicted octanol–water partition coefficient (Wildman–Crippen LogP) is 9.08. The molecule has 0 radical (unpaired) electrons. The molecule has 2 atom stereocenters. The predicted molar refractivity (Wildman–Crippen MR) is 223 cm³/mol. The highest BCUT2D eigenvalue weighted by Gasteiger charge is 2.39. The van der Waals surface area contributed by atoms with Crippen molar-refractivity contribution >= 4 is 40.4 Å². The lowest BCUT2D eigenvalue weighted by Gasteiger charge is -2.45. The molecule has 13 nitrogen and oxygen atoms in total. The van der Waals surface area contributed by atoms with Crippen LogP contribution in [-0.4, -0.2) is 74.2 Å². The van der Waals surface area contributed by atoms with Gasteiger partial charge in [-0.1, -0.05) is 0 Å². The Bertz CT molecular complexity index is 2630. The number of nitrogens with one attached hydrogen (secondary N) is 2. The van der Waals surface area contributed by atoms with E-state index in [-0.39, 0.29) is 23.0 Å². The molecule has 4 aliphatic rings. The second kappa shape index (κ2) is 17.9. The Morgan fingerprint density at radius 1 is 0.703 bits per heavy atom. The number of urea groups is 1. The third kappa shape index (κ3) is 9.87. The molecule has 0 aromatic carbocycles. The Morgan fingerprint density at radius 3 is 1.91 bits per heavy atom. The Kier molecular flexibility index (Phi) is 12.1. The molecule has 2 fully saturated rings. The molecule has 0 unspecified atom stereocenters. The van der Waals surface area contributed by atoms with Gasteiger partial charge in [0.25, 0.3) is 0 Å². The highest BCUT2D eigenvalue weighted by atomic mass is 19.4. The van der Waals surface area contributed by atoms with Crippen molar-refractivity contribution in [3.05, 3.63) is 121 Å². The number of hydrogen-bond acceptors (Lipinski definition) is 11. The summed E-state index contributed by atoms with van der Waals surface area (Å²) in [5.41, 5.74) is 6.98. The maximum atomic E-state index is 13.5. The topological polar surface area (TPSA) is 154 Å². The smallest absolute Gasteiger partial charge is 0.397 e. The first-order chi connectivity index (χ1) is 30.6. The van der Waals surface area contributed by atoms with Gasteiger partial charge in [-0.25, -0.2) is 23.5 Å². The fourth-order valence-corrected chi connectivity index (χ4v) is 7.91. The molecular formula is C43H38F8N12O. The van der Waals surface area contributed by atoms with E-state index in [1.807, 2.05) is 6.07 Å². The molecule has 64 heavy (non-hydrogen) atoms. The van der Waals surface area contributed by atoms with Crippen molar-refractivity contribution in [1.82, 2.24) is 29.9 Å². The summed E-state index contributed by atoms with van der Waals surface area (Å²) in [4.78, 5) is 42.3. The summed E-state index contributed by atoms with van der Waals surface area (Å²) >= 11 is 0. The average molecular weight is 891 g/mol. The lowest BCUT2D eigenvalue weighted by atomic mass is 9.99. The van der Waals surface area contributed by atoms with Gasteiger partial charge in [0.2, 0.25) is 0 Å². The Morgan fingerprint density at radius 2 is 1.30 bits per heavy atom. The maximum absolute atomic E-state index is 13.5. The molecule has 2 amide bonds. The number of carbonyl (C=O) groups excluding carboxylic acids is 1. The van der Waals surface area contributed by atoms with Crippen molar-refractivity contribution in [2.75, 3.05) is 57.2 Å². The van der Waals surface area contributed by atoms with E-state index in [0.717, 1.165) is 93.6 Å². The lowest BCUT2D eigenvalue weighted by Crippen LogP contribution is -2.56. The molecule has 2 saturated heterocycles. The molecule has 0 saturated carbocycles. The number of halogens is 8. The summed E-state index contributed by atoms with van der Waals surface area (Å²) in [5, 5.41) is 6.04. The first-order valence-corrected chi connectivity index (χ1v) is 20.0. The molecule has 0 spiro atoms. The zero-order chi connectivity index (χ0) is 45.2. The van der Waals surface area contributed by atoms with Crippen molar-refractivity contribution < 1.29 is 39.9 Å². The van der Waals surface area contributed by atoms with E-state index in [1.165, 1.54) is 35.6 Å². The van der Waals surface area contributed by atoms with Crippen LogP contribution >= 0.6 is 0 Å². The molecule has 21 heteroatoms. The number of rotatable bonds is 3. The maximum Gasteiger partial charge on any atom is 0.433 e. The first-order valence-electron chi connectivity index (χ1n) is 20.0. The zero-order valence-electron chi connectivity index (χ0n) is 33.6. The molecule has 6 aromatic rings. The number of fused-ring (bicyclic) bond motifs is 8. The molecular weight excluding hydrogens is 853 g/mol. The second-order valence-electron chi connectivity index (χ2n) is 15.3. The fourth-order valence-electron chi connectivity index (χ4n) is 7.91. The number of piperidine rings is 2. The van der Waals surface area contributed by atoms with Crippen LogP contribution in [0, 0.1) is 11.6 Å². The second-order valence-corrected chi connectivity index (χ2v) is 15.3. The van der Waals surface area contributed by atoms with Gasteiger partial charge in [0, 0.05) is 68.0 Å². The van der Waals surface area contributed by atoms with Crippen LogP contribution in [-0.2, 0) is 12.4 Å². The number of nitrogens with two attached hydrogens (primary N) is 1. The number of hydrogen-bond donors (Lipinski definition) is 3. The molecule has 4 bridgehead atoms. The molecule has 332 valence electrons. The number of amides is 2. The van der Waals surface area contributed by atoms with Crippen molar-refractivity contribution in [2.24, 2.45) is 0 Å². The lowest BCUT2D eigenvalue weighted by molar-refractivity contribution is -0.141. The summed E-state index contributed by atoms with van der Waals surface area (Å²) < 4.78 is 103. The highest BCUT2D eigenvalue weighted by Crippen LogP contribution is 2.41. The van der Waals surface area contributed by atoms with E-state index >= 15 is 0 Å². The number of pyridine rings is 6. The summed E-state index contributed by atoms with van der Waals surface area (Å²) in [5.74, 6) is 0.110. The van der Waals surface area contributed by atoms with Crippen molar-refractivity contribution in [3.63, 3.8) is 0 Å². The Balaban J connectivity index is 0.000000155. The van der Waals surface area contributed by atoms with E-state index in [1.54, 1.807) is 24.3 Å². The summed E-state index contributed by atoms with van der Waals surface area (Å²) in [7, 11) is 0. The monoisotopic (exact) mass is 890 g/mol. The van der Waals surface area contributed by atoms with Crippen LogP contribution in [0.3, 0.4) is 0 Å². The van der Waals surface area contributed by atoms with Crippen LogP contribution in [0.2, 0.25) is 0 Å². The number of carbonyl (C=O) groups is 1. The summed E-state index contributed by atoms with van der Waals surface area (Å²) in [6.45, 7) is 3.36. The normalized spacial score (nSPS) is 17.3. The third-order valence-corrected chi connectivity index (χ3v) is 10.8. The van der Waals surface area contributed by atoms with Gasteiger partial charge < -0.3 is 26.2 Å². The van der Waals surface area contributed by atoms with Gasteiger partial charge >= 0.3 is 18.4 Å². The van der Waals surface area contributed by atoms with Crippen molar-refractivity contribution in [2.45, 2.75) is 50.1 Å². The third-order valence-electron chi connectivity index (χ3n) is 10.8. The quantitative estimate of drug-likeness (QED) is 0.146. The average Bonchev–Trinajstić information content (AvgIpc) is 3.26. The number of aromatic nitrogens is 6. The molecule has 6 aromatic heterocycles.